The summed E-state index contributed by atoms with van der Waals surface area (Å²) in [6.07, 6.45) is 2.97. The van der Waals surface area contributed by atoms with Gasteiger partial charge in [0.15, 0.2) is 12.4 Å². The van der Waals surface area contributed by atoms with E-state index in [1.807, 2.05) is 0 Å². The number of carbonyl (C=O) groups excluding carboxylic acids is 4. The maximum absolute atomic E-state index is 13.4. The van der Waals surface area contributed by atoms with Gasteiger partial charge < -0.3 is 36.2 Å². The molecule has 0 radical (unpaired) electrons. The van der Waals surface area contributed by atoms with Crippen LogP contribution in [0.15, 0.2) is 12.1 Å². The third kappa shape index (κ3) is 11.8. The molecular weight excluding hydrogens is 639 g/mol. The predicted octanol–water partition coefficient (Wildman–Crippen LogP) is 2.20. The first kappa shape index (κ1) is 37.1. The van der Waals surface area contributed by atoms with Gasteiger partial charge in [0.25, 0.3) is 5.91 Å². The topological polar surface area (TPSA) is 205 Å². The van der Waals surface area contributed by atoms with Crippen LogP contribution in [0.25, 0.3) is 0 Å². The van der Waals surface area contributed by atoms with Crippen molar-refractivity contribution in [3.8, 4) is 5.75 Å². The van der Waals surface area contributed by atoms with E-state index < -0.39 is 48.3 Å². The van der Waals surface area contributed by atoms with Crippen LogP contribution in [0.5, 0.6) is 5.75 Å². The molecule has 1 fully saturated rings. The molecule has 1 unspecified atom stereocenters. The average molecular weight is 678 g/mol. The van der Waals surface area contributed by atoms with E-state index in [4.69, 9.17) is 43.9 Å². The Balaban J connectivity index is 2.01. The Bertz CT molecular complexity index is 1210. The number of benzene rings is 1. The SMILES string of the molecule is CCC(CSC[C@H](NC(=O)CC[C@H](N)C(=O)O)C(=O)NCC(=O)O)C(=O)c1ccc(OCC(=O)N2CCCCC2)c(Cl)c1Cl. The van der Waals surface area contributed by atoms with Crippen molar-refractivity contribution in [3.63, 3.8) is 0 Å². The lowest BCUT2D eigenvalue weighted by molar-refractivity contribution is -0.139. The number of thioether (sulfide) groups is 1. The third-order valence-corrected chi connectivity index (χ3v) is 8.98. The summed E-state index contributed by atoms with van der Waals surface area (Å²) >= 11 is 14.0. The summed E-state index contributed by atoms with van der Waals surface area (Å²) in [5, 5.41) is 22.5. The van der Waals surface area contributed by atoms with Crippen molar-refractivity contribution in [3.05, 3.63) is 27.7 Å². The highest BCUT2D eigenvalue weighted by Gasteiger charge is 2.27. The number of amides is 3. The van der Waals surface area contributed by atoms with E-state index in [1.165, 1.54) is 23.9 Å². The van der Waals surface area contributed by atoms with Crippen molar-refractivity contribution < 1.29 is 43.7 Å². The zero-order valence-electron chi connectivity index (χ0n) is 24.3. The van der Waals surface area contributed by atoms with Crippen molar-refractivity contribution in [1.29, 1.82) is 0 Å². The van der Waals surface area contributed by atoms with Gasteiger partial charge in [0, 0.05) is 42.5 Å². The van der Waals surface area contributed by atoms with Gasteiger partial charge in [-0.05, 0) is 44.2 Å². The van der Waals surface area contributed by atoms with Crippen LogP contribution < -0.4 is 21.1 Å². The number of rotatable bonds is 18. The zero-order valence-corrected chi connectivity index (χ0v) is 26.6. The number of hydrogen-bond acceptors (Lipinski definition) is 9. The fourth-order valence-electron chi connectivity index (χ4n) is 4.28. The molecule has 0 aliphatic carbocycles. The highest BCUT2D eigenvalue weighted by molar-refractivity contribution is 7.99. The number of carboxylic acids is 2. The molecule has 0 spiro atoms. The molecule has 44 heavy (non-hydrogen) atoms. The van der Waals surface area contributed by atoms with Crippen molar-refractivity contribution >= 4 is 70.4 Å². The van der Waals surface area contributed by atoms with Crippen molar-refractivity contribution in [2.45, 2.75) is 57.5 Å². The molecule has 13 nitrogen and oxygen atoms in total. The van der Waals surface area contributed by atoms with E-state index in [0.29, 0.717) is 19.5 Å². The van der Waals surface area contributed by atoms with Gasteiger partial charge in [-0.3, -0.25) is 28.8 Å². The molecule has 0 bridgehead atoms. The molecule has 244 valence electrons. The lowest BCUT2D eigenvalue weighted by Crippen LogP contribution is -2.49. The third-order valence-electron chi connectivity index (χ3n) is 6.90. The molecule has 16 heteroatoms. The van der Waals surface area contributed by atoms with Crippen molar-refractivity contribution in [1.82, 2.24) is 15.5 Å². The van der Waals surface area contributed by atoms with Crippen LogP contribution in [0.2, 0.25) is 10.0 Å². The number of nitrogens with one attached hydrogen (secondary N) is 2. The Kier molecular flexibility index (Phi) is 15.8. The molecule has 1 aliphatic rings. The van der Waals surface area contributed by atoms with Gasteiger partial charge >= 0.3 is 11.9 Å². The minimum atomic E-state index is -1.28. The van der Waals surface area contributed by atoms with Gasteiger partial charge in [0.2, 0.25) is 11.8 Å². The van der Waals surface area contributed by atoms with Crippen LogP contribution in [-0.4, -0.2) is 100 Å². The smallest absolute Gasteiger partial charge is 0.322 e. The first-order chi connectivity index (χ1) is 20.8. The summed E-state index contributed by atoms with van der Waals surface area (Å²) in [6, 6.07) is 0.560. The number of hydrogen-bond donors (Lipinski definition) is 5. The number of aliphatic carboxylic acids is 2. The van der Waals surface area contributed by atoms with Crippen LogP contribution in [0, 0.1) is 5.92 Å². The molecule has 6 N–H and O–H groups in total. The number of ketones is 1. The highest BCUT2D eigenvalue weighted by atomic mass is 35.5. The van der Waals surface area contributed by atoms with E-state index in [1.54, 1.807) is 11.8 Å². The number of halogens is 2. The Hall–Kier alpha value is -3.07. The summed E-state index contributed by atoms with van der Waals surface area (Å²) in [6.45, 7) is 2.29. The Morgan fingerprint density at radius 3 is 2.34 bits per heavy atom. The van der Waals surface area contributed by atoms with Crippen molar-refractivity contribution in [2.24, 2.45) is 11.7 Å². The number of ether oxygens (including phenoxy) is 1. The van der Waals surface area contributed by atoms with Crippen LogP contribution >= 0.6 is 35.0 Å². The molecule has 0 saturated carbocycles. The molecule has 1 aromatic carbocycles. The maximum Gasteiger partial charge on any atom is 0.322 e. The number of likely N-dealkylation sites (tertiary alicyclic amines) is 1. The standard InChI is InChI=1S/C28H38Cl2N4O9S/c1-2-16(14-44-15-19(27(40)32-12-23(37)38)33-21(35)9-7-18(31)28(41)42)26(39)17-6-8-20(25(30)24(17)29)43-13-22(36)34-10-4-3-5-11-34/h6,8,16,18-19H,2-5,7,9-15,31H2,1H3,(H,32,40)(H,33,35)(H,37,38)(H,41,42)/t16?,18-,19-/m0/s1. The van der Waals surface area contributed by atoms with Crippen LogP contribution in [-0.2, 0) is 24.0 Å². The number of nitrogens with two attached hydrogens (primary N) is 1. The highest BCUT2D eigenvalue weighted by Crippen LogP contribution is 2.36. The number of carbonyl (C=O) groups is 6. The van der Waals surface area contributed by atoms with Gasteiger partial charge in [-0.25, -0.2) is 0 Å². The van der Waals surface area contributed by atoms with Gasteiger partial charge in [-0.15, -0.1) is 0 Å². The second kappa shape index (κ2) is 18.7. The second-order valence-corrected chi connectivity index (χ2v) is 12.0. The van der Waals surface area contributed by atoms with Gasteiger partial charge in [0.1, 0.15) is 29.4 Å². The first-order valence-electron chi connectivity index (χ1n) is 14.1. The molecule has 1 heterocycles. The summed E-state index contributed by atoms with van der Waals surface area (Å²) < 4.78 is 5.61. The summed E-state index contributed by atoms with van der Waals surface area (Å²) in [7, 11) is 0. The Labute approximate surface area is 269 Å². The van der Waals surface area contributed by atoms with Gasteiger partial charge in [-0.2, -0.15) is 11.8 Å². The largest absolute Gasteiger partial charge is 0.482 e. The number of nitrogens with zero attached hydrogens (tertiary/aromatic N) is 1. The molecule has 2 rings (SSSR count). The summed E-state index contributed by atoms with van der Waals surface area (Å²) in [4.78, 5) is 74.3. The van der Waals surface area contributed by atoms with Crippen molar-refractivity contribution in [2.75, 3.05) is 37.7 Å². The molecule has 1 aliphatic heterocycles. The lowest BCUT2D eigenvalue weighted by atomic mass is 9.97. The summed E-state index contributed by atoms with van der Waals surface area (Å²) in [5.41, 5.74) is 5.59. The number of carboxylic acid groups (broad SMARTS) is 2. The molecule has 3 atom stereocenters. The van der Waals surface area contributed by atoms with E-state index in [-0.39, 0.29) is 64.0 Å². The average Bonchev–Trinajstić information content (AvgIpc) is 3.00. The Morgan fingerprint density at radius 1 is 1.05 bits per heavy atom. The molecule has 3 amide bonds. The van der Waals surface area contributed by atoms with E-state index in [0.717, 1.165) is 19.3 Å². The molecule has 0 aromatic heterocycles. The van der Waals surface area contributed by atoms with E-state index in [9.17, 15) is 28.8 Å². The zero-order chi connectivity index (χ0) is 32.8. The summed E-state index contributed by atoms with van der Waals surface area (Å²) in [5.74, 6) is -4.54. The van der Waals surface area contributed by atoms with Crippen LogP contribution in [0.1, 0.15) is 55.8 Å². The normalized spacial score (nSPS) is 15.0. The molecular formula is C28H38Cl2N4O9S. The fourth-order valence-corrected chi connectivity index (χ4v) is 6.03. The monoisotopic (exact) mass is 676 g/mol. The minimum absolute atomic E-state index is 0.00172. The Morgan fingerprint density at radius 2 is 1.73 bits per heavy atom. The van der Waals surface area contributed by atoms with E-state index in [2.05, 4.69) is 10.6 Å². The van der Waals surface area contributed by atoms with Crippen LogP contribution in [0.3, 0.4) is 0 Å². The molecule has 1 aromatic rings. The van der Waals surface area contributed by atoms with Gasteiger partial charge in [-0.1, -0.05) is 30.1 Å². The first-order valence-corrected chi connectivity index (χ1v) is 16.0. The predicted molar refractivity (Wildman–Crippen MR) is 165 cm³/mol. The van der Waals surface area contributed by atoms with Crippen LogP contribution in [0.4, 0.5) is 0 Å². The van der Waals surface area contributed by atoms with E-state index >= 15 is 0 Å². The fraction of sp³-hybridized carbons (Fsp3) is 0.571. The van der Waals surface area contributed by atoms with Gasteiger partial charge in [0.05, 0.1) is 5.02 Å². The maximum atomic E-state index is 13.4. The number of Topliss-reactive ketones (excluding diaryl/α,β-unsaturated/α-hetero) is 1. The quantitative estimate of drug-likeness (QED) is 0.142. The second-order valence-electron chi connectivity index (χ2n) is 10.2. The molecule has 1 saturated heterocycles. The lowest BCUT2D eigenvalue weighted by Gasteiger charge is -2.26. The minimum Gasteiger partial charge on any atom is -0.482 e. The number of piperidine rings is 1.